The Morgan fingerprint density at radius 1 is 1.11 bits per heavy atom. The highest BCUT2D eigenvalue weighted by Gasteiger charge is 2.08. The first kappa shape index (κ1) is 11.7. The van der Waals surface area contributed by atoms with Gasteiger partial charge < -0.3 is 4.57 Å². The quantitative estimate of drug-likeness (QED) is 0.665. The molecule has 3 heteroatoms. The Morgan fingerprint density at radius 3 is 2.58 bits per heavy atom. The van der Waals surface area contributed by atoms with Crippen LogP contribution in [0.3, 0.4) is 0 Å². The smallest absolute Gasteiger partial charge is 0.258 e. The monoisotopic (exact) mass is 250 g/mol. The van der Waals surface area contributed by atoms with Crippen LogP contribution in [-0.4, -0.2) is 9.55 Å². The molecule has 19 heavy (non-hydrogen) atoms. The number of pyridine rings is 2. The van der Waals surface area contributed by atoms with Crippen molar-refractivity contribution < 1.29 is 0 Å². The third-order valence-corrected chi connectivity index (χ3v) is 3.39. The van der Waals surface area contributed by atoms with Crippen LogP contribution in [0.15, 0.2) is 53.6 Å². The summed E-state index contributed by atoms with van der Waals surface area (Å²) in [5.74, 6) is 0. The third kappa shape index (κ3) is 1.93. The second-order valence-corrected chi connectivity index (χ2v) is 4.72. The van der Waals surface area contributed by atoms with Crippen molar-refractivity contribution in [3.63, 3.8) is 0 Å². The molecule has 0 aliphatic rings. The van der Waals surface area contributed by atoms with Gasteiger partial charge >= 0.3 is 0 Å². The summed E-state index contributed by atoms with van der Waals surface area (Å²) >= 11 is 0. The van der Waals surface area contributed by atoms with Gasteiger partial charge in [0.2, 0.25) is 0 Å². The first-order valence-electron chi connectivity index (χ1n) is 6.17. The van der Waals surface area contributed by atoms with Gasteiger partial charge in [0.1, 0.15) is 0 Å². The molecule has 0 saturated heterocycles. The molecule has 0 aliphatic heterocycles. The van der Waals surface area contributed by atoms with Gasteiger partial charge in [-0.3, -0.25) is 9.78 Å². The average Bonchev–Trinajstić information content (AvgIpc) is 2.44. The molecule has 0 bridgehead atoms. The zero-order chi connectivity index (χ0) is 13.4. The maximum Gasteiger partial charge on any atom is 0.258 e. The summed E-state index contributed by atoms with van der Waals surface area (Å²) in [6, 6.07) is 11.8. The Hall–Kier alpha value is -2.42. The predicted octanol–water partition coefficient (Wildman–Crippen LogP) is 2.91. The Bertz CT molecular complexity index is 801. The summed E-state index contributed by atoms with van der Waals surface area (Å²) in [5.41, 5.74) is 3.75. The van der Waals surface area contributed by atoms with E-state index in [4.69, 9.17) is 0 Å². The van der Waals surface area contributed by atoms with Crippen molar-refractivity contribution >= 4 is 10.9 Å². The molecule has 94 valence electrons. The van der Waals surface area contributed by atoms with E-state index in [-0.39, 0.29) is 5.56 Å². The van der Waals surface area contributed by atoms with E-state index in [1.807, 2.05) is 43.3 Å². The SMILES string of the molecule is Cc1ccc(-c2cc3cnccc3n(C)c2=O)cc1. The summed E-state index contributed by atoms with van der Waals surface area (Å²) in [5, 5.41) is 0.972. The Labute approximate surface area is 111 Å². The van der Waals surface area contributed by atoms with Crippen molar-refractivity contribution in [1.82, 2.24) is 9.55 Å². The molecule has 3 nitrogen and oxygen atoms in total. The number of aryl methyl sites for hydroxylation is 2. The lowest BCUT2D eigenvalue weighted by Gasteiger charge is -2.08. The number of fused-ring (bicyclic) bond motifs is 1. The molecule has 0 spiro atoms. The summed E-state index contributed by atoms with van der Waals surface area (Å²) < 4.78 is 1.67. The summed E-state index contributed by atoms with van der Waals surface area (Å²) in [6.07, 6.45) is 3.49. The molecule has 0 amide bonds. The molecule has 0 unspecified atom stereocenters. The molecule has 2 heterocycles. The van der Waals surface area contributed by atoms with Crippen molar-refractivity contribution in [2.75, 3.05) is 0 Å². The van der Waals surface area contributed by atoms with E-state index >= 15 is 0 Å². The minimum atomic E-state index is 0.0163. The van der Waals surface area contributed by atoms with Crippen LogP contribution in [-0.2, 0) is 7.05 Å². The van der Waals surface area contributed by atoms with Crippen LogP contribution in [0.1, 0.15) is 5.56 Å². The number of hydrogen-bond donors (Lipinski definition) is 0. The molecule has 3 rings (SSSR count). The zero-order valence-corrected chi connectivity index (χ0v) is 10.9. The van der Waals surface area contributed by atoms with E-state index in [2.05, 4.69) is 4.98 Å². The molecule has 2 aromatic heterocycles. The van der Waals surface area contributed by atoms with E-state index < -0.39 is 0 Å². The number of aromatic nitrogens is 2. The van der Waals surface area contributed by atoms with E-state index in [1.54, 1.807) is 24.0 Å². The second kappa shape index (κ2) is 4.35. The largest absolute Gasteiger partial charge is 0.311 e. The topological polar surface area (TPSA) is 34.9 Å². The second-order valence-electron chi connectivity index (χ2n) is 4.72. The van der Waals surface area contributed by atoms with Gasteiger partial charge in [0.25, 0.3) is 5.56 Å². The Kier molecular flexibility index (Phi) is 2.67. The van der Waals surface area contributed by atoms with Crippen molar-refractivity contribution in [2.24, 2.45) is 7.05 Å². The van der Waals surface area contributed by atoms with Crippen LogP contribution >= 0.6 is 0 Å². The van der Waals surface area contributed by atoms with Crippen molar-refractivity contribution in [3.05, 3.63) is 64.7 Å². The highest BCUT2D eigenvalue weighted by atomic mass is 16.1. The molecule has 0 fully saturated rings. The van der Waals surface area contributed by atoms with Crippen molar-refractivity contribution in [3.8, 4) is 11.1 Å². The molecule has 0 radical (unpaired) electrons. The number of rotatable bonds is 1. The summed E-state index contributed by atoms with van der Waals surface area (Å²) in [6.45, 7) is 2.03. The van der Waals surface area contributed by atoms with Gasteiger partial charge in [-0.15, -0.1) is 0 Å². The minimum Gasteiger partial charge on any atom is -0.311 e. The number of hydrogen-bond acceptors (Lipinski definition) is 2. The predicted molar refractivity (Wildman–Crippen MR) is 77.2 cm³/mol. The number of nitrogens with zero attached hydrogens (tertiary/aromatic N) is 2. The van der Waals surface area contributed by atoms with Gasteiger partial charge in [0.15, 0.2) is 0 Å². The molecular formula is C16H14N2O. The standard InChI is InChI=1S/C16H14N2O/c1-11-3-5-12(6-4-11)14-9-13-10-17-8-7-15(13)18(2)16(14)19/h3-10H,1-2H3. The van der Waals surface area contributed by atoms with Gasteiger partial charge in [-0.2, -0.15) is 0 Å². The van der Waals surface area contributed by atoms with Gasteiger partial charge in [-0.1, -0.05) is 29.8 Å². The van der Waals surface area contributed by atoms with Gasteiger partial charge in [-0.25, -0.2) is 0 Å². The third-order valence-electron chi connectivity index (χ3n) is 3.39. The van der Waals surface area contributed by atoms with Gasteiger partial charge in [0.05, 0.1) is 5.52 Å². The van der Waals surface area contributed by atoms with Gasteiger partial charge in [0, 0.05) is 30.4 Å². The summed E-state index contributed by atoms with van der Waals surface area (Å²) in [4.78, 5) is 16.5. The Balaban J connectivity index is 2.33. The van der Waals surface area contributed by atoms with Crippen LogP contribution < -0.4 is 5.56 Å². The van der Waals surface area contributed by atoms with Crippen molar-refractivity contribution in [2.45, 2.75) is 6.92 Å². The van der Waals surface area contributed by atoms with E-state index in [0.717, 1.165) is 16.5 Å². The average molecular weight is 250 g/mol. The van der Waals surface area contributed by atoms with Crippen LogP contribution in [0, 0.1) is 6.92 Å². The molecule has 1 aromatic carbocycles. The highest BCUT2D eigenvalue weighted by Crippen LogP contribution is 2.20. The van der Waals surface area contributed by atoms with E-state index in [9.17, 15) is 4.79 Å². The summed E-state index contributed by atoms with van der Waals surface area (Å²) in [7, 11) is 1.79. The van der Waals surface area contributed by atoms with E-state index in [1.165, 1.54) is 5.56 Å². The van der Waals surface area contributed by atoms with Crippen LogP contribution in [0.4, 0.5) is 0 Å². The van der Waals surface area contributed by atoms with Crippen LogP contribution in [0.5, 0.6) is 0 Å². The molecule has 0 atom stereocenters. The fraction of sp³-hybridized carbons (Fsp3) is 0.125. The Morgan fingerprint density at radius 2 is 1.84 bits per heavy atom. The number of benzene rings is 1. The molecule has 0 saturated carbocycles. The lowest BCUT2D eigenvalue weighted by atomic mass is 10.0. The molecule has 0 aliphatic carbocycles. The highest BCUT2D eigenvalue weighted by molar-refractivity contribution is 5.83. The molecular weight excluding hydrogens is 236 g/mol. The molecule has 0 N–H and O–H groups in total. The van der Waals surface area contributed by atoms with Gasteiger partial charge in [-0.05, 0) is 24.6 Å². The first-order chi connectivity index (χ1) is 9.16. The minimum absolute atomic E-state index is 0.0163. The fourth-order valence-corrected chi connectivity index (χ4v) is 2.26. The zero-order valence-electron chi connectivity index (χ0n) is 10.9. The maximum absolute atomic E-state index is 12.4. The lowest BCUT2D eigenvalue weighted by Crippen LogP contribution is -2.18. The van der Waals surface area contributed by atoms with E-state index in [0.29, 0.717) is 5.56 Å². The maximum atomic E-state index is 12.4. The fourth-order valence-electron chi connectivity index (χ4n) is 2.26. The lowest BCUT2D eigenvalue weighted by molar-refractivity contribution is 0.907. The van der Waals surface area contributed by atoms with Crippen LogP contribution in [0.25, 0.3) is 22.0 Å². The first-order valence-corrected chi connectivity index (χ1v) is 6.17. The molecule has 3 aromatic rings. The van der Waals surface area contributed by atoms with Crippen LogP contribution in [0.2, 0.25) is 0 Å². The van der Waals surface area contributed by atoms with Crippen molar-refractivity contribution in [1.29, 1.82) is 0 Å². The normalized spacial score (nSPS) is 10.8.